The van der Waals surface area contributed by atoms with Crippen LogP contribution in [0.2, 0.25) is 0 Å². The molecule has 8 heteroatoms. The quantitative estimate of drug-likeness (QED) is 0.682. The predicted octanol–water partition coefficient (Wildman–Crippen LogP) is 2.20. The molecule has 120 valence electrons. The van der Waals surface area contributed by atoms with Gasteiger partial charge in [-0.2, -0.15) is 22.0 Å². The number of aliphatic hydroxyl groups is 2. The molecule has 0 amide bonds. The highest BCUT2D eigenvalue weighted by atomic mass is 19.4. The summed E-state index contributed by atoms with van der Waals surface area (Å²) in [5.74, 6) is -5.28. The molecular formula is C12H20F5NO2. The molecule has 0 spiro atoms. The van der Waals surface area contributed by atoms with Crippen molar-refractivity contribution in [2.24, 2.45) is 11.7 Å². The molecule has 0 saturated heterocycles. The number of hydrogen-bond acceptors (Lipinski definition) is 3. The highest BCUT2D eigenvalue weighted by molar-refractivity contribution is 4.93. The SMILES string of the molecule is NC(CC1CCCCC1)C(O)C(O)C(F)(F)C(F)(F)F. The summed E-state index contributed by atoms with van der Waals surface area (Å²) in [6, 6.07) is -1.30. The van der Waals surface area contributed by atoms with E-state index in [1.807, 2.05) is 0 Å². The van der Waals surface area contributed by atoms with Crippen molar-refractivity contribution in [2.75, 3.05) is 0 Å². The standard InChI is InChI=1S/C12H20F5NO2/c13-11(14,12(15,16)17)10(20)9(19)8(18)6-7-4-2-1-3-5-7/h7-10,19-20H,1-6,18H2. The van der Waals surface area contributed by atoms with E-state index in [1.165, 1.54) is 0 Å². The number of nitrogens with two attached hydrogens (primary N) is 1. The molecule has 1 aliphatic rings. The monoisotopic (exact) mass is 305 g/mol. The Balaban J connectivity index is 2.60. The van der Waals surface area contributed by atoms with Gasteiger partial charge in [-0.05, 0) is 12.3 Å². The van der Waals surface area contributed by atoms with E-state index in [0.717, 1.165) is 32.1 Å². The first kappa shape index (κ1) is 17.6. The van der Waals surface area contributed by atoms with Crippen molar-refractivity contribution >= 4 is 0 Å². The largest absolute Gasteiger partial charge is 0.456 e. The zero-order valence-electron chi connectivity index (χ0n) is 10.9. The minimum atomic E-state index is -5.92. The minimum Gasteiger partial charge on any atom is -0.389 e. The lowest BCUT2D eigenvalue weighted by molar-refractivity contribution is -0.324. The van der Waals surface area contributed by atoms with E-state index in [9.17, 15) is 27.1 Å². The van der Waals surface area contributed by atoms with E-state index in [2.05, 4.69) is 0 Å². The predicted molar refractivity (Wildman–Crippen MR) is 62.2 cm³/mol. The number of aliphatic hydroxyl groups excluding tert-OH is 2. The van der Waals surface area contributed by atoms with E-state index in [4.69, 9.17) is 10.8 Å². The van der Waals surface area contributed by atoms with Crippen molar-refractivity contribution in [1.82, 2.24) is 0 Å². The smallest absolute Gasteiger partial charge is 0.389 e. The van der Waals surface area contributed by atoms with Gasteiger partial charge < -0.3 is 15.9 Å². The maximum Gasteiger partial charge on any atom is 0.456 e. The second-order valence-electron chi connectivity index (χ2n) is 5.46. The van der Waals surface area contributed by atoms with E-state index in [0.29, 0.717) is 0 Å². The van der Waals surface area contributed by atoms with Crippen LogP contribution >= 0.6 is 0 Å². The van der Waals surface area contributed by atoms with Crippen LogP contribution in [0.1, 0.15) is 38.5 Å². The van der Waals surface area contributed by atoms with Gasteiger partial charge in [-0.3, -0.25) is 0 Å². The molecule has 0 radical (unpaired) electrons. The van der Waals surface area contributed by atoms with Gasteiger partial charge in [-0.25, -0.2) is 0 Å². The van der Waals surface area contributed by atoms with Gasteiger partial charge in [0.15, 0.2) is 6.10 Å². The third-order valence-electron chi connectivity index (χ3n) is 3.84. The Bertz CT molecular complexity index is 305. The summed E-state index contributed by atoms with van der Waals surface area (Å²) >= 11 is 0. The first-order chi connectivity index (χ1) is 9.07. The summed E-state index contributed by atoms with van der Waals surface area (Å²) in [6.45, 7) is 0. The van der Waals surface area contributed by atoms with Gasteiger partial charge >= 0.3 is 12.1 Å². The molecule has 0 aromatic carbocycles. The second-order valence-corrected chi connectivity index (χ2v) is 5.46. The van der Waals surface area contributed by atoms with E-state index >= 15 is 0 Å². The van der Waals surface area contributed by atoms with Crippen molar-refractivity contribution in [2.45, 2.75) is 68.9 Å². The molecule has 3 unspecified atom stereocenters. The van der Waals surface area contributed by atoms with Gasteiger partial charge in [-0.15, -0.1) is 0 Å². The van der Waals surface area contributed by atoms with Gasteiger partial charge in [0.2, 0.25) is 0 Å². The van der Waals surface area contributed by atoms with Gasteiger partial charge in [0, 0.05) is 6.04 Å². The summed E-state index contributed by atoms with van der Waals surface area (Å²) in [4.78, 5) is 0. The Morgan fingerprint density at radius 1 is 1.00 bits per heavy atom. The average molecular weight is 305 g/mol. The van der Waals surface area contributed by atoms with Crippen LogP contribution in [0.15, 0.2) is 0 Å². The molecule has 1 saturated carbocycles. The fourth-order valence-corrected chi connectivity index (χ4v) is 2.56. The van der Waals surface area contributed by atoms with E-state index in [-0.39, 0.29) is 12.3 Å². The summed E-state index contributed by atoms with van der Waals surface area (Å²) < 4.78 is 62.2. The molecule has 20 heavy (non-hydrogen) atoms. The van der Waals surface area contributed by atoms with Crippen LogP contribution in [0, 0.1) is 5.92 Å². The number of hydrogen-bond donors (Lipinski definition) is 3. The highest BCUT2D eigenvalue weighted by Gasteiger charge is 2.64. The van der Waals surface area contributed by atoms with Gasteiger partial charge in [0.05, 0.1) is 0 Å². The van der Waals surface area contributed by atoms with Crippen LogP contribution in [0.3, 0.4) is 0 Å². The van der Waals surface area contributed by atoms with Gasteiger partial charge in [0.25, 0.3) is 0 Å². The molecule has 0 aromatic heterocycles. The van der Waals surface area contributed by atoms with E-state index < -0.39 is 30.3 Å². The Labute approximate surface area is 114 Å². The lowest BCUT2D eigenvalue weighted by Crippen LogP contribution is -2.57. The Hall–Kier alpha value is -0.470. The lowest BCUT2D eigenvalue weighted by Gasteiger charge is -2.33. The molecule has 1 rings (SSSR count). The third kappa shape index (κ3) is 4.02. The first-order valence-electron chi connectivity index (χ1n) is 6.63. The maximum atomic E-state index is 12.9. The highest BCUT2D eigenvalue weighted by Crippen LogP contribution is 2.40. The zero-order chi connectivity index (χ0) is 15.6. The molecule has 4 N–H and O–H groups in total. The number of alkyl halides is 5. The number of rotatable bonds is 5. The molecular weight excluding hydrogens is 285 g/mol. The Kier molecular flexibility index (Phi) is 5.74. The summed E-state index contributed by atoms with van der Waals surface area (Å²) in [6.07, 6.45) is -6.76. The fraction of sp³-hybridized carbons (Fsp3) is 1.00. The van der Waals surface area contributed by atoms with Crippen LogP contribution in [0.25, 0.3) is 0 Å². The van der Waals surface area contributed by atoms with Gasteiger partial charge in [-0.1, -0.05) is 32.1 Å². The average Bonchev–Trinajstić information content (AvgIpc) is 2.36. The van der Waals surface area contributed by atoms with Crippen molar-refractivity contribution in [3.63, 3.8) is 0 Å². The van der Waals surface area contributed by atoms with Crippen LogP contribution in [0.5, 0.6) is 0 Å². The van der Waals surface area contributed by atoms with Crippen molar-refractivity contribution in [1.29, 1.82) is 0 Å². The van der Waals surface area contributed by atoms with Crippen LogP contribution in [-0.4, -0.2) is 40.6 Å². The molecule has 0 heterocycles. The third-order valence-corrected chi connectivity index (χ3v) is 3.84. The fourth-order valence-electron chi connectivity index (χ4n) is 2.56. The molecule has 0 bridgehead atoms. The van der Waals surface area contributed by atoms with Crippen molar-refractivity contribution < 1.29 is 32.2 Å². The second kappa shape index (κ2) is 6.53. The van der Waals surface area contributed by atoms with Gasteiger partial charge in [0.1, 0.15) is 6.10 Å². The zero-order valence-corrected chi connectivity index (χ0v) is 10.9. The van der Waals surface area contributed by atoms with Crippen molar-refractivity contribution in [3.05, 3.63) is 0 Å². The molecule has 1 fully saturated rings. The normalized spacial score (nSPS) is 23.4. The molecule has 0 aromatic rings. The summed E-state index contributed by atoms with van der Waals surface area (Å²) in [5.41, 5.74) is 5.48. The topological polar surface area (TPSA) is 66.5 Å². The van der Waals surface area contributed by atoms with Crippen molar-refractivity contribution in [3.8, 4) is 0 Å². The molecule has 3 nitrogen and oxygen atoms in total. The minimum absolute atomic E-state index is 0.0973. The number of halogens is 5. The Morgan fingerprint density at radius 3 is 1.95 bits per heavy atom. The molecule has 1 aliphatic carbocycles. The van der Waals surface area contributed by atoms with Crippen LogP contribution < -0.4 is 5.73 Å². The van der Waals surface area contributed by atoms with Crippen LogP contribution in [0.4, 0.5) is 22.0 Å². The Morgan fingerprint density at radius 2 is 1.50 bits per heavy atom. The first-order valence-corrected chi connectivity index (χ1v) is 6.63. The summed E-state index contributed by atoms with van der Waals surface area (Å²) in [7, 11) is 0. The summed E-state index contributed by atoms with van der Waals surface area (Å²) in [5, 5.41) is 18.5. The lowest BCUT2D eigenvalue weighted by atomic mass is 9.83. The molecule has 3 atom stereocenters. The van der Waals surface area contributed by atoms with Crippen LogP contribution in [-0.2, 0) is 0 Å². The maximum absolute atomic E-state index is 12.9. The molecule has 0 aliphatic heterocycles. The van der Waals surface area contributed by atoms with E-state index in [1.54, 1.807) is 0 Å².